The van der Waals surface area contributed by atoms with Gasteiger partial charge < -0.3 is 9.47 Å². The van der Waals surface area contributed by atoms with E-state index in [4.69, 9.17) is 9.47 Å². The molecule has 0 saturated carbocycles. The molecule has 0 spiro atoms. The molecular weight excluding hydrogens is 327 g/mol. The second-order valence-electron chi connectivity index (χ2n) is 5.23. The monoisotopic (exact) mass is 346 g/mol. The Kier molecular flexibility index (Phi) is 6.76. The number of ether oxygens (including phenoxy) is 2. The fourth-order valence-electron chi connectivity index (χ4n) is 1.91. The lowest BCUT2D eigenvalue weighted by Crippen LogP contribution is -2.44. The summed E-state index contributed by atoms with van der Waals surface area (Å²) in [4.78, 5) is 23.2. The van der Waals surface area contributed by atoms with Crippen molar-refractivity contribution >= 4 is 11.8 Å². The molecule has 2 N–H and O–H groups in total. The Labute approximate surface area is 144 Å². The standard InChI is InChI=1S/C18H19FN2O4/c1-13-5-4-6-14(11-13)24-10-9-17(22)20-21-18(23)12-25-16-8-3-2-7-15(16)19/h2-8,11H,9-10,12H2,1H3,(H,20,22)(H,21,23). The molecule has 0 fully saturated rings. The van der Waals surface area contributed by atoms with Gasteiger partial charge in [-0.05, 0) is 36.8 Å². The minimum atomic E-state index is -0.601. The highest BCUT2D eigenvalue weighted by atomic mass is 19.1. The first-order chi connectivity index (χ1) is 12.0. The van der Waals surface area contributed by atoms with Crippen LogP contribution in [0.1, 0.15) is 12.0 Å². The number of aryl methyl sites for hydroxylation is 1. The van der Waals surface area contributed by atoms with Crippen molar-refractivity contribution in [2.24, 2.45) is 0 Å². The summed E-state index contributed by atoms with van der Waals surface area (Å²) in [5.41, 5.74) is 5.49. The minimum absolute atomic E-state index is 0.0319. The number of para-hydroxylation sites is 1. The lowest BCUT2D eigenvalue weighted by Gasteiger charge is -2.10. The predicted molar refractivity (Wildman–Crippen MR) is 89.5 cm³/mol. The number of hydrogen-bond donors (Lipinski definition) is 2. The van der Waals surface area contributed by atoms with Crippen LogP contribution in [0.2, 0.25) is 0 Å². The smallest absolute Gasteiger partial charge is 0.276 e. The van der Waals surface area contributed by atoms with Crippen LogP contribution in [0.5, 0.6) is 11.5 Å². The van der Waals surface area contributed by atoms with Gasteiger partial charge in [-0.25, -0.2) is 4.39 Å². The van der Waals surface area contributed by atoms with Gasteiger partial charge in [0.05, 0.1) is 13.0 Å². The first-order valence-electron chi connectivity index (χ1n) is 7.69. The average molecular weight is 346 g/mol. The van der Waals surface area contributed by atoms with Gasteiger partial charge in [-0.15, -0.1) is 0 Å². The minimum Gasteiger partial charge on any atom is -0.493 e. The van der Waals surface area contributed by atoms with E-state index in [2.05, 4.69) is 10.9 Å². The highest BCUT2D eigenvalue weighted by molar-refractivity contribution is 5.82. The maximum absolute atomic E-state index is 13.3. The van der Waals surface area contributed by atoms with Crippen LogP contribution < -0.4 is 20.3 Å². The number of halogens is 1. The molecule has 0 aromatic heterocycles. The molecule has 6 nitrogen and oxygen atoms in total. The summed E-state index contributed by atoms with van der Waals surface area (Å²) in [6.07, 6.45) is 0.0718. The number of benzene rings is 2. The summed E-state index contributed by atoms with van der Waals surface area (Å²) in [5, 5.41) is 0. The maximum Gasteiger partial charge on any atom is 0.276 e. The molecule has 0 aliphatic heterocycles. The number of amides is 2. The van der Waals surface area contributed by atoms with Crippen molar-refractivity contribution < 1.29 is 23.5 Å². The van der Waals surface area contributed by atoms with Gasteiger partial charge in [0, 0.05) is 0 Å². The van der Waals surface area contributed by atoms with Crippen LogP contribution in [0.3, 0.4) is 0 Å². The Bertz CT molecular complexity index is 737. The quantitative estimate of drug-likeness (QED) is 0.753. The van der Waals surface area contributed by atoms with Crippen molar-refractivity contribution in [3.05, 3.63) is 59.9 Å². The number of hydrazine groups is 1. The maximum atomic E-state index is 13.3. The van der Waals surface area contributed by atoms with Crippen LogP contribution in [0.4, 0.5) is 4.39 Å². The SMILES string of the molecule is Cc1cccc(OCCC(=O)NNC(=O)COc2ccccc2F)c1. The van der Waals surface area contributed by atoms with Crippen LogP contribution in [0.15, 0.2) is 48.5 Å². The molecule has 2 aromatic carbocycles. The van der Waals surface area contributed by atoms with Crippen molar-refractivity contribution in [3.63, 3.8) is 0 Å². The van der Waals surface area contributed by atoms with Gasteiger partial charge in [-0.1, -0.05) is 24.3 Å². The van der Waals surface area contributed by atoms with Crippen molar-refractivity contribution in [1.29, 1.82) is 0 Å². The highest BCUT2D eigenvalue weighted by Gasteiger charge is 2.08. The highest BCUT2D eigenvalue weighted by Crippen LogP contribution is 2.15. The second-order valence-corrected chi connectivity index (χ2v) is 5.23. The lowest BCUT2D eigenvalue weighted by atomic mass is 10.2. The summed E-state index contributed by atoms with van der Waals surface area (Å²) in [6.45, 7) is 1.70. The van der Waals surface area contributed by atoms with E-state index in [1.165, 1.54) is 18.2 Å². The first kappa shape index (κ1) is 18.3. The van der Waals surface area contributed by atoms with Gasteiger partial charge in [0.2, 0.25) is 5.91 Å². The van der Waals surface area contributed by atoms with Gasteiger partial charge in [0.25, 0.3) is 5.91 Å². The van der Waals surface area contributed by atoms with Crippen molar-refractivity contribution in [3.8, 4) is 11.5 Å². The van der Waals surface area contributed by atoms with Crippen LogP contribution in [-0.4, -0.2) is 25.0 Å². The fourth-order valence-corrected chi connectivity index (χ4v) is 1.91. The van der Waals surface area contributed by atoms with Crippen molar-refractivity contribution in [1.82, 2.24) is 10.9 Å². The number of carbonyl (C=O) groups is 2. The predicted octanol–water partition coefficient (Wildman–Crippen LogP) is 2.13. The molecule has 132 valence electrons. The van der Waals surface area contributed by atoms with E-state index in [1.54, 1.807) is 12.1 Å². The number of nitrogens with one attached hydrogen (secondary N) is 2. The normalized spacial score (nSPS) is 10.0. The van der Waals surface area contributed by atoms with E-state index in [-0.39, 0.29) is 18.8 Å². The largest absolute Gasteiger partial charge is 0.493 e. The van der Waals surface area contributed by atoms with E-state index in [1.807, 2.05) is 25.1 Å². The molecule has 0 atom stereocenters. The molecule has 0 bridgehead atoms. The zero-order valence-electron chi connectivity index (χ0n) is 13.8. The van der Waals surface area contributed by atoms with Gasteiger partial charge in [-0.3, -0.25) is 20.4 Å². The molecule has 0 saturated heterocycles. The van der Waals surface area contributed by atoms with Crippen LogP contribution >= 0.6 is 0 Å². The van der Waals surface area contributed by atoms with Crippen molar-refractivity contribution in [2.45, 2.75) is 13.3 Å². The Morgan fingerprint density at radius 3 is 2.52 bits per heavy atom. The van der Waals surface area contributed by atoms with Gasteiger partial charge in [0.15, 0.2) is 18.2 Å². The first-order valence-corrected chi connectivity index (χ1v) is 7.69. The topological polar surface area (TPSA) is 76.7 Å². The third-order valence-corrected chi connectivity index (χ3v) is 3.12. The molecule has 0 heterocycles. The van der Waals surface area contributed by atoms with E-state index in [9.17, 15) is 14.0 Å². The molecule has 7 heteroatoms. The Balaban J connectivity index is 1.62. The third-order valence-electron chi connectivity index (χ3n) is 3.12. The molecular formula is C18H19FN2O4. The Morgan fingerprint density at radius 2 is 1.76 bits per heavy atom. The molecule has 25 heavy (non-hydrogen) atoms. The zero-order chi connectivity index (χ0) is 18.1. The summed E-state index contributed by atoms with van der Waals surface area (Å²) >= 11 is 0. The van der Waals surface area contributed by atoms with Crippen LogP contribution in [0, 0.1) is 12.7 Å². The number of carbonyl (C=O) groups excluding carboxylic acids is 2. The number of rotatable bonds is 7. The van der Waals surface area contributed by atoms with Gasteiger partial charge in [0.1, 0.15) is 5.75 Å². The Morgan fingerprint density at radius 1 is 1.00 bits per heavy atom. The van der Waals surface area contributed by atoms with Crippen molar-refractivity contribution in [2.75, 3.05) is 13.2 Å². The van der Waals surface area contributed by atoms with Crippen LogP contribution in [-0.2, 0) is 9.59 Å². The molecule has 2 amide bonds. The molecule has 0 unspecified atom stereocenters. The van der Waals surface area contributed by atoms with Gasteiger partial charge >= 0.3 is 0 Å². The van der Waals surface area contributed by atoms with E-state index in [0.29, 0.717) is 5.75 Å². The summed E-state index contributed by atoms with van der Waals surface area (Å²) < 4.78 is 23.8. The second kappa shape index (κ2) is 9.27. The number of hydrogen-bond acceptors (Lipinski definition) is 4. The summed E-state index contributed by atoms with van der Waals surface area (Å²) in [6, 6.07) is 13.2. The third kappa shape index (κ3) is 6.50. The Hall–Kier alpha value is -3.09. The molecule has 0 aliphatic rings. The zero-order valence-corrected chi connectivity index (χ0v) is 13.8. The molecule has 0 radical (unpaired) electrons. The average Bonchev–Trinajstić information content (AvgIpc) is 2.59. The molecule has 2 rings (SSSR count). The molecule has 2 aromatic rings. The van der Waals surface area contributed by atoms with E-state index >= 15 is 0 Å². The summed E-state index contributed by atoms with van der Waals surface area (Å²) in [5.74, 6) is -0.929. The molecule has 0 aliphatic carbocycles. The fraction of sp³-hybridized carbons (Fsp3) is 0.222. The summed E-state index contributed by atoms with van der Waals surface area (Å²) in [7, 11) is 0. The van der Waals surface area contributed by atoms with Gasteiger partial charge in [-0.2, -0.15) is 0 Å². The van der Waals surface area contributed by atoms with E-state index < -0.39 is 24.2 Å². The van der Waals surface area contributed by atoms with Crippen LogP contribution in [0.25, 0.3) is 0 Å². The lowest BCUT2D eigenvalue weighted by molar-refractivity contribution is -0.130. The van der Waals surface area contributed by atoms with E-state index in [0.717, 1.165) is 5.56 Å².